The molecule has 2 aromatic carbocycles. The molecule has 0 amide bonds. The molecule has 23 heavy (non-hydrogen) atoms. The van der Waals surface area contributed by atoms with Gasteiger partial charge in [0.15, 0.2) is 0 Å². The van der Waals surface area contributed by atoms with E-state index in [0.717, 1.165) is 0 Å². The molecule has 5 heteroatoms. The van der Waals surface area contributed by atoms with Gasteiger partial charge in [0.2, 0.25) is 0 Å². The first kappa shape index (κ1) is 23.9. The summed E-state index contributed by atoms with van der Waals surface area (Å²) in [6.45, 7) is 6.44. The molecule has 122 valence electrons. The molecule has 0 atom stereocenters. The van der Waals surface area contributed by atoms with Crippen LogP contribution in [0.2, 0.25) is 0 Å². The molecule has 0 aliphatic carbocycles. The van der Waals surface area contributed by atoms with Gasteiger partial charge in [0.1, 0.15) is 0 Å². The minimum Gasteiger partial charge on any atom is -0.872 e. The van der Waals surface area contributed by atoms with E-state index in [9.17, 15) is 20.4 Å². The Kier molecular flexibility index (Phi) is 13.7. The van der Waals surface area contributed by atoms with E-state index in [0.29, 0.717) is 11.1 Å². The van der Waals surface area contributed by atoms with Gasteiger partial charge in [-0.2, -0.15) is 0 Å². The summed E-state index contributed by atoms with van der Waals surface area (Å²) < 4.78 is 0. The molecule has 0 fully saturated rings. The molecule has 2 aromatic rings. The number of hydrogen-bond acceptors (Lipinski definition) is 4. The molecule has 0 spiro atoms. The van der Waals surface area contributed by atoms with E-state index in [1.807, 2.05) is 0 Å². The fourth-order valence-electron chi connectivity index (χ4n) is 1.38. The van der Waals surface area contributed by atoms with Crippen LogP contribution in [0.4, 0.5) is 0 Å². The summed E-state index contributed by atoms with van der Waals surface area (Å²) in [7, 11) is 0. The van der Waals surface area contributed by atoms with Crippen molar-refractivity contribution in [3.63, 3.8) is 0 Å². The second-order valence-electron chi connectivity index (χ2n) is 5.09. The van der Waals surface area contributed by atoms with Crippen molar-refractivity contribution in [3.8, 4) is 22.6 Å². The van der Waals surface area contributed by atoms with Crippen LogP contribution < -0.4 is 20.4 Å². The summed E-state index contributed by atoms with van der Waals surface area (Å²) in [6.07, 6.45) is -0.833. The monoisotopic (exact) mass is 350 g/mol. The smallest absolute Gasteiger partial charge is 0.872 e. The predicted molar refractivity (Wildman–Crippen MR) is 81.0 cm³/mol. The summed E-state index contributed by atoms with van der Waals surface area (Å²) >= 11 is 0. The van der Waals surface area contributed by atoms with Crippen LogP contribution in [0.3, 0.4) is 0 Å². The van der Waals surface area contributed by atoms with Gasteiger partial charge in [-0.05, 0) is 11.1 Å². The van der Waals surface area contributed by atoms with E-state index < -0.39 is 12.2 Å². The number of hydrogen-bond donors (Lipinski definition) is 0. The predicted octanol–water partition coefficient (Wildman–Crippen LogP) is 1.01. The molecule has 0 saturated carbocycles. The first-order valence-electron chi connectivity index (χ1n) is 7.09. The van der Waals surface area contributed by atoms with Crippen molar-refractivity contribution in [3.05, 3.63) is 48.5 Å². The van der Waals surface area contributed by atoms with Crippen LogP contribution in [-0.4, -0.2) is 12.2 Å². The van der Waals surface area contributed by atoms with E-state index in [4.69, 9.17) is 0 Å². The number of benzene rings is 2. The van der Waals surface area contributed by atoms with E-state index in [1.165, 1.54) is 12.1 Å². The average molecular weight is 350 g/mol. The van der Waals surface area contributed by atoms with Gasteiger partial charge in [-0.25, -0.2) is 0 Å². The average Bonchev–Trinajstić information content (AvgIpc) is 2.39. The van der Waals surface area contributed by atoms with Crippen LogP contribution >= 0.6 is 0 Å². The van der Waals surface area contributed by atoms with Crippen molar-refractivity contribution in [2.24, 2.45) is 0 Å². The molecule has 4 nitrogen and oxygen atoms in total. The first-order chi connectivity index (χ1) is 10.3. The van der Waals surface area contributed by atoms with Crippen molar-refractivity contribution in [1.29, 1.82) is 0 Å². The molecular formula is C18H22O4Ti. The Morgan fingerprint density at radius 1 is 0.609 bits per heavy atom. The zero-order valence-electron chi connectivity index (χ0n) is 13.9. The third-order valence-electron chi connectivity index (χ3n) is 2.06. The molecule has 0 saturated heterocycles. The van der Waals surface area contributed by atoms with Crippen molar-refractivity contribution in [1.82, 2.24) is 0 Å². The fourth-order valence-corrected chi connectivity index (χ4v) is 1.38. The zero-order chi connectivity index (χ0) is 17.1. The minimum absolute atomic E-state index is 0. The fraction of sp³-hybridized carbons (Fsp3) is 0.333. The summed E-state index contributed by atoms with van der Waals surface area (Å²) in [4.78, 5) is 0. The summed E-state index contributed by atoms with van der Waals surface area (Å²) in [5.74, 6) is -0.230. The molecule has 0 heterocycles. The first-order valence-corrected chi connectivity index (χ1v) is 7.09. The largest absolute Gasteiger partial charge is 4.00 e. The topological polar surface area (TPSA) is 92.2 Å². The normalized spacial score (nSPS) is 9.22. The van der Waals surface area contributed by atoms with Crippen molar-refractivity contribution in [2.45, 2.75) is 39.9 Å². The second kappa shape index (κ2) is 13.1. The maximum absolute atomic E-state index is 11.4. The summed E-state index contributed by atoms with van der Waals surface area (Å²) in [6, 6.07) is 13.1. The number of para-hydroxylation sites is 2. The van der Waals surface area contributed by atoms with Gasteiger partial charge in [0, 0.05) is 0 Å². The van der Waals surface area contributed by atoms with Gasteiger partial charge in [-0.3, -0.25) is 0 Å². The Morgan fingerprint density at radius 3 is 1.04 bits per heavy atom. The van der Waals surface area contributed by atoms with Crippen LogP contribution in [0.15, 0.2) is 48.5 Å². The van der Waals surface area contributed by atoms with Gasteiger partial charge in [0.05, 0.1) is 0 Å². The quantitative estimate of drug-likeness (QED) is 0.718. The standard InChI is InChI=1S/C12H10O2.2C3H7O.Ti/c13-11-7-3-1-5-9(11)10-6-2-4-8-12(10)14;2*1-3(2)4;/h1-8,13-14H;2*3H,1-2H3;/q;2*-1;+4/p-2. The minimum atomic E-state index is -0.417. The second-order valence-corrected chi connectivity index (χ2v) is 5.09. The van der Waals surface area contributed by atoms with Crippen LogP contribution in [-0.2, 0) is 21.7 Å². The van der Waals surface area contributed by atoms with Crippen LogP contribution in [0, 0.1) is 0 Å². The Balaban J connectivity index is 0. The molecule has 0 aliphatic heterocycles. The molecule has 0 N–H and O–H groups in total. The molecule has 0 unspecified atom stereocenters. The third-order valence-corrected chi connectivity index (χ3v) is 2.06. The number of rotatable bonds is 1. The van der Waals surface area contributed by atoms with Gasteiger partial charge in [-0.1, -0.05) is 76.2 Å². The van der Waals surface area contributed by atoms with E-state index in [-0.39, 0.29) is 33.2 Å². The molecule has 0 aliphatic rings. The van der Waals surface area contributed by atoms with Gasteiger partial charge >= 0.3 is 21.7 Å². The van der Waals surface area contributed by atoms with Gasteiger partial charge in [0.25, 0.3) is 0 Å². The van der Waals surface area contributed by atoms with E-state index in [2.05, 4.69) is 0 Å². The molecule has 0 aromatic heterocycles. The molecular weight excluding hydrogens is 328 g/mol. The molecule has 2 rings (SSSR count). The Hall–Kier alpha value is -1.33. The Bertz CT molecular complexity index is 487. The van der Waals surface area contributed by atoms with Gasteiger partial charge < -0.3 is 20.4 Å². The van der Waals surface area contributed by atoms with Crippen LogP contribution in [0.5, 0.6) is 11.5 Å². The van der Waals surface area contributed by atoms with E-state index >= 15 is 0 Å². The summed E-state index contributed by atoms with van der Waals surface area (Å²) in [5.41, 5.74) is 0.941. The van der Waals surface area contributed by atoms with Crippen molar-refractivity contribution >= 4 is 0 Å². The summed E-state index contributed by atoms with van der Waals surface area (Å²) in [5, 5.41) is 41.9. The van der Waals surface area contributed by atoms with Gasteiger partial charge in [-0.15, -0.1) is 23.7 Å². The van der Waals surface area contributed by atoms with Crippen LogP contribution in [0.25, 0.3) is 11.1 Å². The zero-order valence-corrected chi connectivity index (χ0v) is 15.5. The third kappa shape index (κ3) is 11.8. The van der Waals surface area contributed by atoms with Crippen molar-refractivity contribution < 1.29 is 42.1 Å². The van der Waals surface area contributed by atoms with Crippen LogP contribution in [0.1, 0.15) is 27.7 Å². The molecule has 0 radical (unpaired) electrons. The SMILES string of the molecule is CC(C)[O-].CC(C)[O-].[O-]c1ccccc1-c1ccccc1[O-].[Ti+4]. The Labute approximate surface area is 153 Å². The molecule has 0 bridgehead atoms. The maximum atomic E-state index is 11.4. The van der Waals surface area contributed by atoms with E-state index in [1.54, 1.807) is 64.1 Å². The van der Waals surface area contributed by atoms with Crippen molar-refractivity contribution in [2.75, 3.05) is 0 Å². The Morgan fingerprint density at radius 2 is 0.826 bits per heavy atom. The maximum Gasteiger partial charge on any atom is 4.00 e.